The van der Waals surface area contributed by atoms with Gasteiger partial charge in [-0.1, -0.05) is 0 Å². The topological polar surface area (TPSA) is 110 Å². The number of aliphatic hydroxyl groups excluding tert-OH is 1. The van der Waals surface area contributed by atoms with Crippen molar-refractivity contribution < 1.29 is 33.3 Å². The average molecular weight is 296 g/mol. The molecule has 8 heavy (non-hydrogen) atoms. The number of hydrogen-bond acceptors (Lipinski definition) is 4. The molecule has 0 amide bonds. The Labute approximate surface area is 53.5 Å². The van der Waals surface area contributed by atoms with Crippen molar-refractivity contribution in [3.63, 3.8) is 0 Å². The van der Waals surface area contributed by atoms with E-state index in [1.165, 1.54) is 0 Å². The molecule has 0 aromatic carbocycles. The van der Waals surface area contributed by atoms with Crippen LogP contribution in [0.3, 0.4) is 0 Å². The molecule has 0 saturated heterocycles. The Bertz CT molecular complexity index is 72.1. The summed E-state index contributed by atoms with van der Waals surface area (Å²) in [5.74, 6) is 0. The van der Waals surface area contributed by atoms with Crippen molar-refractivity contribution in [2.75, 3.05) is 6.61 Å². The first-order valence-electron chi connectivity index (χ1n) is 1.54. The average Bonchev–Trinajstić information content (AvgIpc) is 1.33. The Hall–Kier alpha value is 0.168. The fraction of sp³-hybridized carbons (Fsp3) is 1.00. The summed E-state index contributed by atoms with van der Waals surface area (Å²) in [6.45, 7) is 1.93. The normalized spacial score (nSPS) is 5.38. The number of rotatable bonds is 0. The van der Waals surface area contributed by atoms with Crippen molar-refractivity contribution in [2.24, 2.45) is 0 Å². The van der Waals surface area contributed by atoms with E-state index in [1.54, 1.807) is 6.92 Å². The van der Waals surface area contributed by atoms with E-state index in [0.29, 0.717) is 0 Å². The maximum atomic E-state index is 8.72. The van der Waals surface area contributed by atoms with Gasteiger partial charge in [-0.3, -0.25) is 0 Å². The minimum atomic E-state index is -4.03. The molecule has 0 unspecified atom stereocenters. The molecule has 0 aliphatic rings. The van der Waals surface area contributed by atoms with Crippen molar-refractivity contribution in [3.8, 4) is 0 Å². The van der Waals surface area contributed by atoms with E-state index < -0.39 is 17.6 Å². The fourth-order valence-corrected chi connectivity index (χ4v) is 0. The molecule has 0 bridgehead atoms. The second-order valence-electron chi connectivity index (χ2n) is 0.533. The van der Waals surface area contributed by atoms with Gasteiger partial charge in [-0.05, 0) is 6.92 Å². The minimum absolute atomic E-state index is 0. The summed E-state index contributed by atoms with van der Waals surface area (Å²) in [7, 11) is 0. The molecule has 0 spiro atoms. The van der Waals surface area contributed by atoms with E-state index in [1.807, 2.05) is 0 Å². The molecule has 53 valence electrons. The zero-order valence-corrected chi connectivity index (χ0v) is 7.47. The van der Waals surface area contributed by atoms with E-state index in [0.717, 1.165) is 0 Å². The van der Waals surface area contributed by atoms with Crippen LogP contribution in [-0.4, -0.2) is 15.5 Å². The van der Waals surface area contributed by atoms with Gasteiger partial charge in [0.15, 0.2) is 0 Å². The SMILES string of the molecule is CCO.N.[O]=[W](=[O])[OH]. The Kier molecular flexibility index (Phi) is 30.8. The van der Waals surface area contributed by atoms with Gasteiger partial charge in [0.25, 0.3) is 0 Å². The summed E-state index contributed by atoms with van der Waals surface area (Å²) < 4.78 is 24.6. The molecule has 0 atom stereocenters. The first kappa shape index (κ1) is 15.7. The van der Waals surface area contributed by atoms with Gasteiger partial charge in [-0.15, -0.1) is 0 Å². The molecule has 0 aliphatic carbocycles. The van der Waals surface area contributed by atoms with Gasteiger partial charge in [0.1, 0.15) is 0 Å². The summed E-state index contributed by atoms with van der Waals surface area (Å²) >= 11 is -4.03. The van der Waals surface area contributed by atoms with Gasteiger partial charge < -0.3 is 11.3 Å². The van der Waals surface area contributed by atoms with E-state index in [9.17, 15) is 0 Å². The van der Waals surface area contributed by atoms with Crippen molar-refractivity contribution in [3.05, 3.63) is 0 Å². The number of hydrogen-bond donors (Lipinski definition) is 3. The standard InChI is InChI=1S/C2H6O.H3N.H2O.2O.W/c1-2-3;;;;;/h3H,2H2,1H3;1H3;1H2;;;/q;;;;;+1/p-1. The van der Waals surface area contributed by atoms with Crippen molar-refractivity contribution >= 4 is 0 Å². The molecule has 0 saturated carbocycles. The summed E-state index contributed by atoms with van der Waals surface area (Å²) in [6.07, 6.45) is 0. The molecule has 0 fully saturated rings. The van der Waals surface area contributed by atoms with Crippen molar-refractivity contribution in [1.82, 2.24) is 6.15 Å². The molecule has 6 heteroatoms. The molecule has 5 nitrogen and oxygen atoms in total. The van der Waals surface area contributed by atoms with Gasteiger partial charge >= 0.3 is 28.2 Å². The van der Waals surface area contributed by atoms with Crippen LogP contribution in [0.5, 0.6) is 0 Å². The van der Waals surface area contributed by atoms with E-state index in [-0.39, 0.29) is 12.8 Å². The molecule has 0 radical (unpaired) electrons. The van der Waals surface area contributed by atoms with Crippen LogP contribution < -0.4 is 6.15 Å². The Morgan fingerprint density at radius 1 is 1.50 bits per heavy atom. The predicted octanol–water partition coefficient (Wildman–Crippen LogP) is -0.636. The zero-order valence-electron chi connectivity index (χ0n) is 4.53. The fourth-order valence-electron chi connectivity index (χ4n) is 0. The summed E-state index contributed by atoms with van der Waals surface area (Å²) in [5, 5.41) is 7.57. The van der Waals surface area contributed by atoms with Crippen LogP contribution in [0.15, 0.2) is 0 Å². The monoisotopic (exact) mass is 296 g/mol. The predicted molar refractivity (Wildman–Crippen MR) is 21.4 cm³/mol. The van der Waals surface area contributed by atoms with Crippen LogP contribution in [0.1, 0.15) is 6.92 Å². The van der Waals surface area contributed by atoms with E-state index in [4.69, 9.17) is 15.7 Å². The Balaban J connectivity index is -0.0000000575. The number of aliphatic hydroxyl groups is 1. The quantitative estimate of drug-likeness (QED) is 0.551. The van der Waals surface area contributed by atoms with Crippen molar-refractivity contribution in [1.29, 1.82) is 0 Å². The van der Waals surface area contributed by atoms with Crippen LogP contribution in [0.2, 0.25) is 0 Å². The van der Waals surface area contributed by atoms with Crippen LogP contribution in [0.25, 0.3) is 0 Å². The molecule has 0 aromatic rings. The molecular weight excluding hydrogens is 286 g/mol. The van der Waals surface area contributed by atoms with Crippen LogP contribution in [0, 0.1) is 0 Å². The molecule has 0 aliphatic heterocycles. The van der Waals surface area contributed by atoms with Crippen molar-refractivity contribution in [2.45, 2.75) is 6.92 Å². The second-order valence-corrected chi connectivity index (χ2v) is 2.09. The van der Waals surface area contributed by atoms with Crippen LogP contribution >= 0.6 is 0 Å². The molecular formula is C2H10NO4W. The van der Waals surface area contributed by atoms with Gasteiger partial charge in [0.05, 0.1) is 0 Å². The third-order valence-corrected chi connectivity index (χ3v) is 0. The van der Waals surface area contributed by atoms with Gasteiger partial charge in [-0.25, -0.2) is 0 Å². The molecule has 5 N–H and O–H groups in total. The Morgan fingerprint density at radius 2 is 1.50 bits per heavy atom. The van der Waals surface area contributed by atoms with E-state index >= 15 is 0 Å². The van der Waals surface area contributed by atoms with E-state index in [2.05, 4.69) is 0 Å². The first-order chi connectivity index (χ1) is 3.15. The molecule has 0 rings (SSSR count). The third-order valence-electron chi connectivity index (χ3n) is 0. The van der Waals surface area contributed by atoms with Crippen LogP contribution in [-0.2, 0) is 24.4 Å². The van der Waals surface area contributed by atoms with Gasteiger partial charge in [0.2, 0.25) is 0 Å². The van der Waals surface area contributed by atoms with Gasteiger partial charge in [-0.2, -0.15) is 0 Å². The maximum absolute atomic E-state index is 8.72. The van der Waals surface area contributed by atoms with Gasteiger partial charge in [0, 0.05) is 6.61 Å². The van der Waals surface area contributed by atoms with Crippen LogP contribution in [0.4, 0.5) is 0 Å². The summed E-state index contributed by atoms with van der Waals surface area (Å²) in [5.41, 5.74) is 0. The summed E-state index contributed by atoms with van der Waals surface area (Å²) in [4.78, 5) is 0. The molecule has 0 heterocycles. The Morgan fingerprint density at radius 3 is 1.50 bits per heavy atom. The molecule has 0 aromatic heterocycles. The zero-order chi connectivity index (χ0) is 6.28. The summed E-state index contributed by atoms with van der Waals surface area (Å²) in [6, 6.07) is 0. The third kappa shape index (κ3) is 5820. The first-order valence-corrected chi connectivity index (χ1v) is 5.25. The second kappa shape index (κ2) is 15.7.